The molecule has 0 bridgehead atoms. The summed E-state index contributed by atoms with van der Waals surface area (Å²) in [5.41, 5.74) is 25.8. The molecule has 0 atom stereocenters. The molecule has 7 heteroatoms. The summed E-state index contributed by atoms with van der Waals surface area (Å²) in [5, 5.41) is 2.42. The summed E-state index contributed by atoms with van der Waals surface area (Å²) in [5.74, 6) is 1.82. The molecule has 14 aromatic rings. The van der Waals surface area contributed by atoms with E-state index in [0.29, 0.717) is 17.5 Å². The van der Waals surface area contributed by atoms with Crippen LogP contribution in [-0.2, 0) is 10.8 Å². The van der Waals surface area contributed by atoms with Crippen LogP contribution in [-0.4, -0.2) is 26.2 Å². The first-order chi connectivity index (χ1) is 43.9. The van der Waals surface area contributed by atoms with Crippen LogP contribution < -0.4 is 26.2 Å². The standard InChI is InChI=1S/C83H65BN6/c1-82(2,3)61-44-46-71-67(52-61)68-53-62(83(4,5)6)45-47-72(68)90(71)78-65(38-25-39-66(78)81-86-79(54-26-11-7-12-27-54)85-80(87-81)55-28-13-8-14-29-55)59-33-24-31-57(49-59)56-30-23-32-58(48-56)60-50-75-77-76(51-60)89(64-36-17-10-18-37-64)74-43-22-20-41-70(74)84(77)69-40-19-21-42-73(69)88(75)63-34-15-9-16-35-63/h7-53H,1-6H3. The number of benzene rings is 12. The van der Waals surface area contributed by atoms with Gasteiger partial charge in [0.1, 0.15) is 0 Å². The zero-order valence-corrected chi connectivity index (χ0v) is 51.4. The maximum Gasteiger partial charge on any atom is 0.252 e. The summed E-state index contributed by atoms with van der Waals surface area (Å²) in [6.45, 7) is 13.8. The van der Waals surface area contributed by atoms with Gasteiger partial charge in [-0.2, -0.15) is 0 Å². The number of aromatic nitrogens is 4. The molecular formula is C83H65BN6. The van der Waals surface area contributed by atoms with Gasteiger partial charge < -0.3 is 14.4 Å². The van der Waals surface area contributed by atoms with Crippen molar-refractivity contribution in [1.82, 2.24) is 19.5 Å². The summed E-state index contributed by atoms with van der Waals surface area (Å²) in [6.07, 6.45) is 0. The predicted octanol–water partition coefficient (Wildman–Crippen LogP) is 19.6. The molecule has 2 aliphatic heterocycles. The van der Waals surface area contributed by atoms with Crippen molar-refractivity contribution in [1.29, 1.82) is 0 Å². The summed E-state index contributed by atoms with van der Waals surface area (Å²) in [7, 11) is 0. The van der Waals surface area contributed by atoms with E-state index in [1.807, 2.05) is 36.4 Å². The number of rotatable bonds is 9. The SMILES string of the molecule is CC(C)(C)c1ccc2c(c1)c1cc(C(C)(C)C)ccc1n2-c1c(-c2cccc(-c3cccc(-c4cc5c6c(c4)N(c4ccccc4)c4ccccc4B6c4ccccc4N5c4ccccc4)c3)c2)cccc1-c1nc(-c2ccccc2)nc(-c2ccccc2)n1. The normalized spacial score (nSPS) is 12.7. The van der Waals surface area contributed by atoms with Crippen molar-refractivity contribution < 1.29 is 0 Å². The lowest BCUT2D eigenvalue weighted by molar-refractivity contribution is 0.590. The molecule has 0 amide bonds. The molecule has 0 fully saturated rings. The van der Waals surface area contributed by atoms with E-state index in [1.165, 1.54) is 61.0 Å². The van der Waals surface area contributed by atoms with Crippen molar-refractivity contribution in [2.75, 3.05) is 9.80 Å². The molecule has 430 valence electrons. The molecule has 6 nitrogen and oxygen atoms in total. The van der Waals surface area contributed by atoms with Crippen LogP contribution in [0.4, 0.5) is 34.1 Å². The second kappa shape index (κ2) is 21.5. The maximum atomic E-state index is 5.43. The number of para-hydroxylation sites is 5. The fourth-order valence-electron chi connectivity index (χ4n) is 13.8. The van der Waals surface area contributed by atoms with Crippen LogP contribution in [0.5, 0.6) is 0 Å². The van der Waals surface area contributed by atoms with Crippen LogP contribution in [0, 0.1) is 0 Å². The minimum absolute atomic E-state index is 0.0280. The van der Waals surface area contributed by atoms with Crippen molar-refractivity contribution in [2.45, 2.75) is 52.4 Å². The third-order valence-corrected chi connectivity index (χ3v) is 18.3. The quantitative estimate of drug-likeness (QED) is 0.135. The summed E-state index contributed by atoms with van der Waals surface area (Å²) >= 11 is 0. The molecule has 90 heavy (non-hydrogen) atoms. The van der Waals surface area contributed by atoms with Gasteiger partial charge in [0.25, 0.3) is 6.71 Å². The fraction of sp³-hybridized carbons (Fsp3) is 0.0964. The lowest BCUT2D eigenvalue weighted by Crippen LogP contribution is -2.61. The molecule has 0 aliphatic carbocycles. The van der Waals surface area contributed by atoms with Gasteiger partial charge in [0.2, 0.25) is 0 Å². The van der Waals surface area contributed by atoms with Crippen LogP contribution in [0.2, 0.25) is 0 Å². The molecule has 2 aliphatic rings. The van der Waals surface area contributed by atoms with Crippen LogP contribution in [0.15, 0.2) is 285 Å². The van der Waals surface area contributed by atoms with Crippen molar-refractivity contribution >= 4 is 79.0 Å². The third-order valence-electron chi connectivity index (χ3n) is 18.3. The van der Waals surface area contributed by atoms with E-state index in [0.717, 1.165) is 78.2 Å². The first-order valence-electron chi connectivity index (χ1n) is 31.3. The van der Waals surface area contributed by atoms with Gasteiger partial charge in [0.15, 0.2) is 17.5 Å². The number of fused-ring (bicyclic) bond motifs is 7. The second-order valence-corrected chi connectivity index (χ2v) is 26.0. The van der Waals surface area contributed by atoms with Gasteiger partial charge in [-0.15, -0.1) is 0 Å². The highest BCUT2D eigenvalue weighted by molar-refractivity contribution is 7.00. The molecular weight excluding hydrogens is 1090 g/mol. The lowest BCUT2D eigenvalue weighted by Gasteiger charge is -2.44. The average Bonchev–Trinajstić information content (AvgIpc) is 0.847. The third kappa shape index (κ3) is 9.31. The number of hydrogen-bond donors (Lipinski definition) is 0. The van der Waals surface area contributed by atoms with E-state index >= 15 is 0 Å². The van der Waals surface area contributed by atoms with Gasteiger partial charge >= 0.3 is 0 Å². The molecule has 0 spiro atoms. The largest absolute Gasteiger partial charge is 0.311 e. The van der Waals surface area contributed by atoms with Gasteiger partial charge in [0.05, 0.1) is 16.7 Å². The number of anilines is 6. The van der Waals surface area contributed by atoms with Crippen LogP contribution in [0.3, 0.4) is 0 Å². The molecule has 0 unspecified atom stereocenters. The Balaban J connectivity index is 0.908. The highest BCUT2D eigenvalue weighted by Crippen LogP contribution is 2.48. The Morgan fingerprint density at radius 2 is 0.689 bits per heavy atom. The summed E-state index contributed by atoms with van der Waals surface area (Å²) in [4.78, 5) is 21.0. The number of nitrogens with zero attached hydrogens (tertiary/aromatic N) is 6. The van der Waals surface area contributed by atoms with Gasteiger partial charge in [-0.1, -0.05) is 236 Å². The van der Waals surface area contributed by atoms with Crippen molar-refractivity contribution in [3.8, 4) is 73.2 Å². The van der Waals surface area contributed by atoms with E-state index < -0.39 is 0 Å². The van der Waals surface area contributed by atoms with Gasteiger partial charge in [-0.05, 0) is 157 Å². The Morgan fingerprint density at radius 3 is 1.18 bits per heavy atom. The van der Waals surface area contributed by atoms with Gasteiger partial charge in [-0.3, -0.25) is 0 Å². The summed E-state index contributed by atoms with van der Waals surface area (Å²) < 4.78 is 2.48. The Labute approximate surface area is 527 Å². The molecule has 2 aromatic heterocycles. The molecule has 12 aromatic carbocycles. The van der Waals surface area contributed by atoms with E-state index in [1.54, 1.807) is 0 Å². The Morgan fingerprint density at radius 1 is 0.300 bits per heavy atom. The highest BCUT2D eigenvalue weighted by Gasteiger charge is 2.43. The molecule has 0 radical (unpaired) electrons. The summed E-state index contributed by atoms with van der Waals surface area (Å²) in [6, 6.07) is 104. The Kier molecular flexibility index (Phi) is 13.0. The fourth-order valence-corrected chi connectivity index (χ4v) is 13.8. The van der Waals surface area contributed by atoms with Crippen LogP contribution >= 0.6 is 0 Å². The lowest BCUT2D eigenvalue weighted by atomic mass is 9.33. The number of hydrogen-bond acceptors (Lipinski definition) is 5. The first kappa shape index (κ1) is 54.5. The minimum Gasteiger partial charge on any atom is -0.311 e. The Bertz CT molecular complexity index is 4860. The maximum absolute atomic E-state index is 5.43. The van der Waals surface area contributed by atoms with Crippen LogP contribution in [0.25, 0.3) is 95.0 Å². The smallest absolute Gasteiger partial charge is 0.252 e. The molecule has 0 saturated carbocycles. The zero-order chi connectivity index (χ0) is 60.8. The topological polar surface area (TPSA) is 50.1 Å². The average molecular weight is 1160 g/mol. The predicted molar refractivity (Wildman–Crippen MR) is 378 cm³/mol. The van der Waals surface area contributed by atoms with Crippen molar-refractivity contribution in [3.63, 3.8) is 0 Å². The van der Waals surface area contributed by atoms with E-state index in [4.69, 9.17) is 15.0 Å². The van der Waals surface area contributed by atoms with Gasteiger partial charge in [-0.25, -0.2) is 15.0 Å². The molecule has 16 rings (SSSR count). The first-order valence-corrected chi connectivity index (χ1v) is 31.3. The molecule has 4 heterocycles. The van der Waals surface area contributed by atoms with Gasteiger partial charge in [0, 0.05) is 67.2 Å². The van der Waals surface area contributed by atoms with E-state index in [2.05, 4.69) is 305 Å². The second-order valence-electron chi connectivity index (χ2n) is 26.0. The zero-order valence-electron chi connectivity index (χ0n) is 51.4. The van der Waals surface area contributed by atoms with E-state index in [9.17, 15) is 0 Å². The monoisotopic (exact) mass is 1160 g/mol. The van der Waals surface area contributed by atoms with Crippen molar-refractivity contribution in [3.05, 3.63) is 296 Å². The highest BCUT2D eigenvalue weighted by atomic mass is 15.2. The Hall–Kier alpha value is -10.9. The molecule has 0 saturated heterocycles. The molecule has 0 N–H and O–H groups in total. The van der Waals surface area contributed by atoms with Crippen LogP contribution in [0.1, 0.15) is 52.7 Å². The minimum atomic E-state index is -0.0689. The van der Waals surface area contributed by atoms with E-state index in [-0.39, 0.29) is 17.5 Å². The van der Waals surface area contributed by atoms with Crippen molar-refractivity contribution in [2.24, 2.45) is 0 Å².